The number of hydrogen-bond acceptors (Lipinski definition) is 2. The van der Waals surface area contributed by atoms with Crippen molar-refractivity contribution in [2.45, 2.75) is 12.8 Å². The van der Waals surface area contributed by atoms with Crippen molar-refractivity contribution in [3.63, 3.8) is 0 Å². The molecule has 0 amide bonds. The van der Waals surface area contributed by atoms with E-state index in [1.54, 1.807) is 11.8 Å². The Kier molecular flexibility index (Phi) is 2.60. The maximum Gasteiger partial charge on any atom is 0.306 e. The van der Waals surface area contributed by atoms with Crippen LogP contribution in [-0.4, -0.2) is 23.1 Å². The quantitative estimate of drug-likeness (QED) is 0.676. The fourth-order valence-electron chi connectivity index (χ4n) is 1.14. The van der Waals surface area contributed by atoms with Gasteiger partial charge in [0.1, 0.15) is 0 Å². The van der Waals surface area contributed by atoms with E-state index in [1.165, 1.54) is 0 Å². The van der Waals surface area contributed by atoms with E-state index in [9.17, 15) is 4.79 Å². The van der Waals surface area contributed by atoms with Crippen LogP contribution in [0.2, 0.25) is 0 Å². The number of carboxylic acid groups (broad SMARTS) is 1. The number of aliphatic carboxylic acids is 1. The number of hydrogen-bond donors (Lipinski definition) is 1. The Morgan fingerprint density at radius 3 is 2.90 bits per heavy atom. The van der Waals surface area contributed by atoms with Gasteiger partial charge < -0.3 is 5.11 Å². The van der Waals surface area contributed by atoms with Crippen LogP contribution in [0.5, 0.6) is 0 Å². The molecule has 0 bridgehead atoms. The third-order valence-corrected chi connectivity index (χ3v) is 2.58. The molecule has 3 heteroatoms. The molecule has 1 saturated carbocycles. The lowest BCUT2D eigenvalue weighted by Crippen LogP contribution is -1.99. The summed E-state index contributed by atoms with van der Waals surface area (Å²) in [6, 6.07) is 0. The van der Waals surface area contributed by atoms with Gasteiger partial charge in [-0.25, -0.2) is 0 Å². The molecule has 0 heterocycles. The van der Waals surface area contributed by atoms with Gasteiger partial charge in [-0.15, -0.1) is 0 Å². The van der Waals surface area contributed by atoms with Crippen molar-refractivity contribution in [1.82, 2.24) is 0 Å². The van der Waals surface area contributed by atoms with Gasteiger partial charge in [-0.1, -0.05) is 0 Å². The van der Waals surface area contributed by atoms with Crippen LogP contribution in [-0.2, 0) is 4.79 Å². The molecular weight excluding hydrogens is 148 g/mol. The summed E-state index contributed by atoms with van der Waals surface area (Å²) in [5, 5.41) is 8.52. The molecular formula is C7H12O2S. The minimum atomic E-state index is -0.605. The largest absolute Gasteiger partial charge is 0.481 e. The van der Waals surface area contributed by atoms with Crippen LogP contribution in [0.25, 0.3) is 0 Å². The lowest BCUT2D eigenvalue weighted by atomic mass is 10.2. The van der Waals surface area contributed by atoms with Gasteiger partial charge in [0.15, 0.2) is 0 Å². The standard InChI is InChI=1S/C7H12O2S/c1-10-3-2-5-4-6(5)7(8)9/h5-6H,2-4H2,1H3,(H,8,9). The summed E-state index contributed by atoms with van der Waals surface area (Å²) in [6.07, 6.45) is 4.05. The second kappa shape index (κ2) is 3.28. The Hall–Kier alpha value is -0.180. The van der Waals surface area contributed by atoms with E-state index in [1.807, 2.05) is 0 Å². The van der Waals surface area contributed by atoms with Crippen molar-refractivity contribution < 1.29 is 9.90 Å². The molecule has 0 aromatic rings. The molecule has 2 nitrogen and oxygen atoms in total. The first-order valence-corrected chi connectivity index (χ1v) is 4.87. The monoisotopic (exact) mass is 160 g/mol. The van der Waals surface area contributed by atoms with Gasteiger partial charge in [0.25, 0.3) is 0 Å². The van der Waals surface area contributed by atoms with Crippen LogP contribution >= 0.6 is 11.8 Å². The van der Waals surface area contributed by atoms with Crippen LogP contribution < -0.4 is 0 Å². The average molecular weight is 160 g/mol. The minimum absolute atomic E-state index is 0.00727. The zero-order valence-electron chi connectivity index (χ0n) is 6.04. The fourth-order valence-corrected chi connectivity index (χ4v) is 1.68. The Morgan fingerprint density at radius 2 is 2.50 bits per heavy atom. The predicted molar refractivity (Wildman–Crippen MR) is 42.2 cm³/mol. The zero-order valence-corrected chi connectivity index (χ0v) is 6.86. The lowest BCUT2D eigenvalue weighted by Gasteiger charge is -1.92. The molecule has 2 unspecified atom stereocenters. The first-order chi connectivity index (χ1) is 4.75. The number of rotatable bonds is 4. The molecule has 1 rings (SSSR count). The third kappa shape index (κ3) is 1.90. The summed E-state index contributed by atoms with van der Waals surface area (Å²) in [6.45, 7) is 0. The van der Waals surface area contributed by atoms with Crippen LogP contribution in [0.15, 0.2) is 0 Å². The molecule has 0 aromatic heterocycles. The normalized spacial score (nSPS) is 30.1. The van der Waals surface area contributed by atoms with E-state index in [0.717, 1.165) is 18.6 Å². The number of carbonyl (C=O) groups is 1. The van der Waals surface area contributed by atoms with Crippen LogP contribution in [0.4, 0.5) is 0 Å². The molecule has 58 valence electrons. The second-order valence-electron chi connectivity index (χ2n) is 2.72. The summed E-state index contributed by atoms with van der Waals surface area (Å²) in [5.41, 5.74) is 0. The van der Waals surface area contributed by atoms with Crippen LogP contribution in [0.3, 0.4) is 0 Å². The Bertz CT molecular complexity index is 136. The van der Waals surface area contributed by atoms with E-state index in [0.29, 0.717) is 5.92 Å². The highest BCUT2D eigenvalue weighted by Gasteiger charge is 2.42. The predicted octanol–water partition coefficient (Wildman–Crippen LogP) is 1.46. The lowest BCUT2D eigenvalue weighted by molar-refractivity contribution is -0.138. The Balaban J connectivity index is 2.08. The van der Waals surface area contributed by atoms with Crippen molar-refractivity contribution in [2.24, 2.45) is 11.8 Å². The van der Waals surface area contributed by atoms with E-state index in [-0.39, 0.29) is 5.92 Å². The van der Waals surface area contributed by atoms with E-state index in [4.69, 9.17) is 5.11 Å². The van der Waals surface area contributed by atoms with Gasteiger partial charge in [-0.3, -0.25) is 4.79 Å². The highest BCUT2D eigenvalue weighted by molar-refractivity contribution is 7.98. The molecule has 10 heavy (non-hydrogen) atoms. The maximum atomic E-state index is 10.3. The topological polar surface area (TPSA) is 37.3 Å². The molecule has 0 radical (unpaired) electrons. The summed E-state index contributed by atoms with van der Waals surface area (Å²) >= 11 is 1.79. The first kappa shape index (κ1) is 7.92. The second-order valence-corrected chi connectivity index (χ2v) is 3.71. The van der Waals surface area contributed by atoms with Crippen molar-refractivity contribution in [2.75, 3.05) is 12.0 Å². The SMILES string of the molecule is CSCCC1CC1C(=O)O. The van der Waals surface area contributed by atoms with Gasteiger partial charge in [0.05, 0.1) is 5.92 Å². The van der Waals surface area contributed by atoms with Crippen LogP contribution in [0, 0.1) is 11.8 Å². The molecule has 1 aliphatic rings. The van der Waals surface area contributed by atoms with Crippen molar-refractivity contribution >= 4 is 17.7 Å². The molecule has 0 aromatic carbocycles. The molecule has 0 aliphatic heterocycles. The highest BCUT2D eigenvalue weighted by atomic mass is 32.2. The summed E-state index contributed by atoms with van der Waals surface area (Å²) in [7, 11) is 0. The van der Waals surface area contributed by atoms with E-state index >= 15 is 0 Å². The molecule has 0 spiro atoms. The van der Waals surface area contributed by atoms with Gasteiger partial charge in [0, 0.05) is 0 Å². The van der Waals surface area contributed by atoms with Crippen molar-refractivity contribution in [1.29, 1.82) is 0 Å². The third-order valence-electron chi connectivity index (χ3n) is 1.93. The van der Waals surface area contributed by atoms with Gasteiger partial charge in [0.2, 0.25) is 0 Å². The van der Waals surface area contributed by atoms with Crippen molar-refractivity contribution in [3.8, 4) is 0 Å². The maximum absolute atomic E-state index is 10.3. The first-order valence-electron chi connectivity index (χ1n) is 3.47. The van der Waals surface area contributed by atoms with E-state index < -0.39 is 5.97 Å². The Labute approximate surface area is 65.0 Å². The molecule has 1 N–H and O–H groups in total. The summed E-state index contributed by atoms with van der Waals surface area (Å²) in [5.74, 6) is 0.984. The van der Waals surface area contributed by atoms with Gasteiger partial charge in [-0.05, 0) is 30.8 Å². The number of carboxylic acids is 1. The molecule has 0 saturated heterocycles. The molecule has 1 fully saturated rings. The number of thioether (sulfide) groups is 1. The van der Waals surface area contributed by atoms with Crippen LogP contribution in [0.1, 0.15) is 12.8 Å². The van der Waals surface area contributed by atoms with E-state index in [2.05, 4.69) is 6.26 Å². The smallest absolute Gasteiger partial charge is 0.306 e. The minimum Gasteiger partial charge on any atom is -0.481 e. The Morgan fingerprint density at radius 1 is 1.80 bits per heavy atom. The highest BCUT2D eigenvalue weighted by Crippen LogP contribution is 2.41. The fraction of sp³-hybridized carbons (Fsp3) is 0.857. The van der Waals surface area contributed by atoms with Crippen molar-refractivity contribution in [3.05, 3.63) is 0 Å². The molecule has 1 aliphatic carbocycles. The molecule has 2 atom stereocenters. The summed E-state index contributed by atoms with van der Waals surface area (Å²) in [4.78, 5) is 10.3. The summed E-state index contributed by atoms with van der Waals surface area (Å²) < 4.78 is 0. The average Bonchev–Trinajstić information content (AvgIpc) is 2.62. The van der Waals surface area contributed by atoms with Gasteiger partial charge in [-0.2, -0.15) is 11.8 Å². The zero-order chi connectivity index (χ0) is 7.56. The van der Waals surface area contributed by atoms with Gasteiger partial charge >= 0.3 is 5.97 Å².